The molecule has 0 radical (unpaired) electrons. The van der Waals surface area contributed by atoms with Crippen LogP contribution in [0, 0.1) is 0 Å². The normalized spacial score (nSPS) is 10.2. The molecule has 0 aliphatic carbocycles. The molecule has 0 atom stereocenters. The summed E-state index contributed by atoms with van der Waals surface area (Å²) >= 11 is 1.61. The lowest BCUT2D eigenvalue weighted by Crippen LogP contribution is -2.36. The Labute approximate surface area is 117 Å². The summed E-state index contributed by atoms with van der Waals surface area (Å²) in [5, 5.41) is 8.76. The lowest BCUT2D eigenvalue weighted by atomic mass is 10.3. The molecule has 1 N–H and O–H groups in total. The van der Waals surface area contributed by atoms with Gasteiger partial charge in [0.2, 0.25) is 5.91 Å². The SMILES string of the molecule is CCCN(CC(=O)O)C(=O)CCSc1ccccc1. The molecule has 1 amide bonds. The number of hydrogen-bond donors (Lipinski definition) is 1. The monoisotopic (exact) mass is 281 g/mol. The minimum atomic E-state index is -0.961. The Balaban J connectivity index is 2.37. The Morgan fingerprint density at radius 3 is 2.53 bits per heavy atom. The first-order valence-electron chi connectivity index (χ1n) is 6.31. The topological polar surface area (TPSA) is 57.6 Å². The van der Waals surface area contributed by atoms with Gasteiger partial charge < -0.3 is 10.0 Å². The Hall–Kier alpha value is -1.49. The van der Waals surface area contributed by atoms with Crippen molar-refractivity contribution in [1.29, 1.82) is 0 Å². The molecule has 0 aliphatic rings. The highest BCUT2D eigenvalue weighted by molar-refractivity contribution is 7.99. The van der Waals surface area contributed by atoms with E-state index in [9.17, 15) is 9.59 Å². The van der Waals surface area contributed by atoms with Crippen molar-refractivity contribution < 1.29 is 14.7 Å². The number of hydrogen-bond acceptors (Lipinski definition) is 3. The maximum Gasteiger partial charge on any atom is 0.323 e. The van der Waals surface area contributed by atoms with E-state index in [1.807, 2.05) is 37.3 Å². The molecule has 0 saturated carbocycles. The van der Waals surface area contributed by atoms with Gasteiger partial charge in [0.1, 0.15) is 6.54 Å². The third-order valence-corrected chi connectivity index (χ3v) is 3.51. The van der Waals surface area contributed by atoms with Crippen LogP contribution >= 0.6 is 11.8 Å². The standard InChI is InChI=1S/C14H19NO3S/c1-2-9-15(11-14(17)18)13(16)8-10-19-12-6-4-3-5-7-12/h3-7H,2,8-11H2,1H3,(H,17,18). The van der Waals surface area contributed by atoms with Crippen molar-refractivity contribution in [1.82, 2.24) is 4.90 Å². The van der Waals surface area contributed by atoms with Gasteiger partial charge >= 0.3 is 5.97 Å². The lowest BCUT2D eigenvalue weighted by molar-refractivity contribution is -0.144. The number of carboxylic acid groups (broad SMARTS) is 1. The van der Waals surface area contributed by atoms with E-state index in [1.54, 1.807) is 11.8 Å². The molecule has 0 spiro atoms. The van der Waals surface area contributed by atoms with E-state index in [1.165, 1.54) is 4.90 Å². The van der Waals surface area contributed by atoms with Gasteiger partial charge in [0.25, 0.3) is 0 Å². The van der Waals surface area contributed by atoms with Crippen LogP contribution in [-0.2, 0) is 9.59 Å². The first-order chi connectivity index (χ1) is 9.13. The fourth-order valence-corrected chi connectivity index (χ4v) is 2.52. The third kappa shape index (κ3) is 6.29. The van der Waals surface area contributed by atoms with Gasteiger partial charge in [-0.15, -0.1) is 11.8 Å². The molecule has 0 saturated heterocycles. The van der Waals surface area contributed by atoms with E-state index in [2.05, 4.69) is 0 Å². The summed E-state index contributed by atoms with van der Waals surface area (Å²) in [5.41, 5.74) is 0. The minimum absolute atomic E-state index is 0.0901. The number of nitrogens with zero attached hydrogens (tertiary/aromatic N) is 1. The molecule has 1 aromatic carbocycles. The van der Waals surface area contributed by atoms with Gasteiger partial charge in [0.15, 0.2) is 0 Å². The second kappa shape index (κ2) is 8.58. The van der Waals surface area contributed by atoms with Crippen molar-refractivity contribution >= 4 is 23.6 Å². The van der Waals surface area contributed by atoms with E-state index in [0.29, 0.717) is 18.7 Å². The third-order valence-electron chi connectivity index (χ3n) is 2.50. The van der Waals surface area contributed by atoms with Crippen LogP contribution in [0.15, 0.2) is 35.2 Å². The van der Waals surface area contributed by atoms with Gasteiger partial charge in [-0.1, -0.05) is 25.1 Å². The van der Waals surface area contributed by atoms with Crippen molar-refractivity contribution in [3.63, 3.8) is 0 Å². The van der Waals surface area contributed by atoms with Crippen LogP contribution in [-0.4, -0.2) is 40.7 Å². The fraction of sp³-hybridized carbons (Fsp3) is 0.429. The van der Waals surface area contributed by atoms with E-state index >= 15 is 0 Å². The predicted octanol–water partition coefficient (Wildman–Crippen LogP) is 2.49. The molecule has 0 unspecified atom stereocenters. The highest BCUT2D eigenvalue weighted by Gasteiger charge is 2.15. The zero-order valence-corrected chi connectivity index (χ0v) is 11.9. The summed E-state index contributed by atoms with van der Waals surface area (Å²) in [4.78, 5) is 25.1. The van der Waals surface area contributed by atoms with Crippen molar-refractivity contribution in [2.24, 2.45) is 0 Å². The number of carbonyl (C=O) groups excluding carboxylic acids is 1. The minimum Gasteiger partial charge on any atom is -0.480 e. The number of carboxylic acids is 1. The molecule has 0 bridgehead atoms. The molecule has 1 aromatic rings. The zero-order chi connectivity index (χ0) is 14.1. The number of carbonyl (C=O) groups is 2. The van der Waals surface area contributed by atoms with Crippen molar-refractivity contribution in [3.8, 4) is 0 Å². The number of aliphatic carboxylic acids is 1. The number of thioether (sulfide) groups is 1. The summed E-state index contributed by atoms with van der Waals surface area (Å²) in [7, 11) is 0. The molecular formula is C14H19NO3S. The second-order valence-electron chi connectivity index (χ2n) is 4.12. The van der Waals surface area contributed by atoms with Gasteiger partial charge in [0, 0.05) is 23.6 Å². The average Bonchev–Trinajstić information content (AvgIpc) is 2.39. The molecule has 19 heavy (non-hydrogen) atoms. The maximum atomic E-state index is 11.9. The number of amides is 1. The quantitative estimate of drug-likeness (QED) is 0.744. The molecule has 0 aliphatic heterocycles. The highest BCUT2D eigenvalue weighted by atomic mass is 32.2. The smallest absolute Gasteiger partial charge is 0.323 e. The Bertz CT molecular complexity index is 408. The first kappa shape index (κ1) is 15.6. The summed E-state index contributed by atoms with van der Waals surface area (Å²) in [6.07, 6.45) is 1.14. The molecule has 4 nitrogen and oxygen atoms in total. The summed E-state index contributed by atoms with van der Waals surface area (Å²) < 4.78 is 0. The van der Waals surface area contributed by atoms with Gasteiger partial charge in [-0.25, -0.2) is 0 Å². The maximum absolute atomic E-state index is 11.9. The van der Waals surface area contributed by atoms with Crippen molar-refractivity contribution in [2.75, 3.05) is 18.8 Å². The number of benzene rings is 1. The zero-order valence-electron chi connectivity index (χ0n) is 11.0. The summed E-state index contributed by atoms with van der Waals surface area (Å²) in [6, 6.07) is 9.85. The van der Waals surface area contributed by atoms with E-state index in [0.717, 1.165) is 11.3 Å². The van der Waals surface area contributed by atoms with E-state index < -0.39 is 5.97 Å². The van der Waals surface area contributed by atoms with E-state index in [4.69, 9.17) is 5.11 Å². The van der Waals surface area contributed by atoms with Crippen LogP contribution in [0.25, 0.3) is 0 Å². The molecule has 0 aromatic heterocycles. The fourth-order valence-electron chi connectivity index (χ4n) is 1.66. The lowest BCUT2D eigenvalue weighted by Gasteiger charge is -2.19. The summed E-state index contributed by atoms with van der Waals surface area (Å²) in [6.45, 7) is 2.23. The molecule has 1 rings (SSSR count). The van der Waals surface area contributed by atoms with Crippen molar-refractivity contribution in [3.05, 3.63) is 30.3 Å². The van der Waals surface area contributed by atoms with Crippen LogP contribution in [0.5, 0.6) is 0 Å². The predicted molar refractivity (Wildman–Crippen MR) is 76.3 cm³/mol. The Morgan fingerprint density at radius 2 is 1.95 bits per heavy atom. The molecule has 0 fully saturated rings. The average molecular weight is 281 g/mol. The van der Waals surface area contributed by atoms with Crippen LogP contribution in [0.3, 0.4) is 0 Å². The van der Waals surface area contributed by atoms with Crippen LogP contribution in [0.1, 0.15) is 19.8 Å². The van der Waals surface area contributed by atoms with Gasteiger partial charge in [0.05, 0.1) is 0 Å². The largest absolute Gasteiger partial charge is 0.480 e. The van der Waals surface area contributed by atoms with E-state index in [-0.39, 0.29) is 12.5 Å². The van der Waals surface area contributed by atoms with Crippen molar-refractivity contribution in [2.45, 2.75) is 24.7 Å². The second-order valence-corrected chi connectivity index (χ2v) is 5.29. The molecule has 5 heteroatoms. The van der Waals surface area contributed by atoms with Crippen LogP contribution < -0.4 is 0 Å². The number of rotatable bonds is 8. The highest BCUT2D eigenvalue weighted by Crippen LogP contribution is 2.18. The molecule has 0 heterocycles. The molecule has 104 valence electrons. The molecular weight excluding hydrogens is 262 g/mol. The Kier molecular flexibility index (Phi) is 7.03. The van der Waals surface area contributed by atoms with Gasteiger partial charge in [-0.3, -0.25) is 9.59 Å². The van der Waals surface area contributed by atoms with Gasteiger partial charge in [-0.05, 0) is 18.6 Å². The first-order valence-corrected chi connectivity index (χ1v) is 7.29. The van der Waals surface area contributed by atoms with Gasteiger partial charge in [-0.2, -0.15) is 0 Å². The summed E-state index contributed by atoms with van der Waals surface area (Å²) in [5.74, 6) is -0.381. The Morgan fingerprint density at radius 1 is 1.26 bits per heavy atom. The van der Waals surface area contributed by atoms with Crippen LogP contribution in [0.4, 0.5) is 0 Å². The van der Waals surface area contributed by atoms with Crippen LogP contribution in [0.2, 0.25) is 0 Å².